The molecule has 1 fully saturated rings. The molecule has 3 N–H and O–H groups in total. The van der Waals surface area contributed by atoms with Crippen LogP contribution in [0.1, 0.15) is 41.6 Å². The van der Waals surface area contributed by atoms with Gasteiger partial charge in [0, 0.05) is 35.9 Å². The first-order valence-electron chi connectivity index (χ1n) is 9.84. The molecule has 0 aromatic heterocycles. The van der Waals surface area contributed by atoms with E-state index in [2.05, 4.69) is 10.1 Å². The molecule has 2 aromatic carbocycles. The molecule has 0 bridgehead atoms. The molecule has 160 valence electrons. The number of anilines is 1. The maximum absolute atomic E-state index is 13.7. The van der Waals surface area contributed by atoms with Crippen LogP contribution >= 0.6 is 0 Å². The summed E-state index contributed by atoms with van der Waals surface area (Å²) < 4.78 is 32.2. The van der Waals surface area contributed by atoms with Gasteiger partial charge in [-0.2, -0.15) is 0 Å². The summed E-state index contributed by atoms with van der Waals surface area (Å²) >= 11 is 0. The van der Waals surface area contributed by atoms with Crippen molar-refractivity contribution >= 4 is 17.7 Å². The molecule has 0 spiro atoms. The Labute approximate surface area is 174 Å². The molecule has 0 heterocycles. The van der Waals surface area contributed by atoms with Gasteiger partial charge in [-0.3, -0.25) is 10.1 Å². The first-order chi connectivity index (χ1) is 14.4. The van der Waals surface area contributed by atoms with Crippen molar-refractivity contribution in [1.82, 2.24) is 4.90 Å². The van der Waals surface area contributed by atoms with Gasteiger partial charge in [0.05, 0.1) is 7.11 Å². The zero-order valence-corrected chi connectivity index (χ0v) is 16.7. The summed E-state index contributed by atoms with van der Waals surface area (Å²) in [4.78, 5) is 26.6. The third kappa shape index (κ3) is 5.13. The molecule has 2 aromatic rings. The van der Waals surface area contributed by atoms with Crippen molar-refractivity contribution in [2.75, 3.05) is 12.4 Å². The Hall–Kier alpha value is -3.00. The summed E-state index contributed by atoms with van der Waals surface area (Å²) in [7, 11) is 1.26. The zero-order valence-electron chi connectivity index (χ0n) is 16.7. The lowest BCUT2D eigenvalue weighted by Crippen LogP contribution is -2.51. The van der Waals surface area contributed by atoms with Gasteiger partial charge in [-0.15, -0.1) is 0 Å². The third-order valence-electron chi connectivity index (χ3n) is 5.33. The van der Waals surface area contributed by atoms with Gasteiger partial charge in [0.25, 0.3) is 5.91 Å². The maximum Gasteiger partial charge on any atom is 0.411 e. The lowest BCUT2D eigenvalue weighted by molar-refractivity contribution is 0.0583. The number of para-hydroxylation sites is 1. The summed E-state index contributed by atoms with van der Waals surface area (Å²) in [6.07, 6.45) is 2.68. The SMILES string of the molecule is COC(=O)Nc1ccccc1CN(C(=O)c1cc(F)cc(F)c1)C1CCCCC1N. The predicted octanol–water partition coefficient (Wildman–Crippen LogP) is 4.06. The van der Waals surface area contributed by atoms with Crippen LogP contribution in [0.3, 0.4) is 0 Å². The number of hydrogen-bond acceptors (Lipinski definition) is 4. The van der Waals surface area contributed by atoms with Gasteiger partial charge in [-0.25, -0.2) is 13.6 Å². The van der Waals surface area contributed by atoms with Gasteiger partial charge >= 0.3 is 6.09 Å². The Morgan fingerprint density at radius 1 is 1.13 bits per heavy atom. The highest BCUT2D eigenvalue weighted by molar-refractivity contribution is 5.94. The van der Waals surface area contributed by atoms with Crippen molar-refractivity contribution in [2.45, 2.75) is 44.3 Å². The first kappa shape index (κ1) is 21.7. The number of rotatable bonds is 5. The number of carbonyl (C=O) groups excluding carboxylic acids is 2. The molecule has 0 radical (unpaired) electrons. The van der Waals surface area contributed by atoms with Crippen LogP contribution in [-0.4, -0.2) is 36.1 Å². The second kappa shape index (κ2) is 9.67. The van der Waals surface area contributed by atoms with Gasteiger partial charge in [0.2, 0.25) is 0 Å². The molecular weight excluding hydrogens is 392 g/mol. The molecule has 1 aliphatic carbocycles. The number of carbonyl (C=O) groups is 2. The number of nitrogens with two attached hydrogens (primary N) is 1. The van der Waals surface area contributed by atoms with Gasteiger partial charge < -0.3 is 15.4 Å². The van der Waals surface area contributed by atoms with Crippen LogP contribution in [0.2, 0.25) is 0 Å². The van der Waals surface area contributed by atoms with E-state index in [1.807, 2.05) is 0 Å². The number of amides is 2. The fourth-order valence-electron chi connectivity index (χ4n) is 3.83. The third-order valence-corrected chi connectivity index (χ3v) is 5.33. The number of ether oxygens (including phenoxy) is 1. The molecular formula is C22H25F2N3O3. The molecule has 6 nitrogen and oxygen atoms in total. The molecule has 0 aliphatic heterocycles. The molecule has 2 amide bonds. The van der Waals surface area contributed by atoms with E-state index >= 15 is 0 Å². The number of benzene rings is 2. The molecule has 2 unspecified atom stereocenters. The van der Waals surface area contributed by atoms with E-state index in [-0.39, 0.29) is 24.2 Å². The Balaban J connectivity index is 1.96. The van der Waals surface area contributed by atoms with Crippen molar-refractivity contribution in [2.24, 2.45) is 5.73 Å². The van der Waals surface area contributed by atoms with Crippen molar-refractivity contribution < 1.29 is 23.1 Å². The van der Waals surface area contributed by atoms with Crippen LogP contribution in [0.25, 0.3) is 0 Å². The van der Waals surface area contributed by atoms with Crippen LogP contribution in [0.4, 0.5) is 19.3 Å². The number of halogens is 2. The summed E-state index contributed by atoms with van der Waals surface area (Å²) in [5.41, 5.74) is 7.38. The highest BCUT2D eigenvalue weighted by Gasteiger charge is 2.32. The number of nitrogens with zero attached hydrogens (tertiary/aromatic N) is 1. The summed E-state index contributed by atoms with van der Waals surface area (Å²) in [5, 5.41) is 2.63. The van der Waals surface area contributed by atoms with Crippen LogP contribution in [0, 0.1) is 11.6 Å². The van der Waals surface area contributed by atoms with Gasteiger partial charge in [0.1, 0.15) is 11.6 Å². The average molecular weight is 417 g/mol. The quantitative estimate of drug-likeness (QED) is 0.769. The van der Waals surface area contributed by atoms with Gasteiger partial charge in [-0.1, -0.05) is 31.0 Å². The molecule has 3 rings (SSSR count). The summed E-state index contributed by atoms with van der Waals surface area (Å²) in [6, 6.07) is 9.22. The lowest BCUT2D eigenvalue weighted by atomic mass is 9.89. The Morgan fingerprint density at radius 3 is 2.47 bits per heavy atom. The van der Waals surface area contributed by atoms with E-state index in [0.29, 0.717) is 17.7 Å². The minimum absolute atomic E-state index is 0.0799. The van der Waals surface area contributed by atoms with E-state index in [4.69, 9.17) is 5.73 Å². The Kier molecular flexibility index (Phi) is 6.99. The zero-order chi connectivity index (χ0) is 21.7. The topological polar surface area (TPSA) is 84.7 Å². The smallest absolute Gasteiger partial charge is 0.411 e. The normalized spacial score (nSPS) is 18.5. The molecule has 1 saturated carbocycles. The fraction of sp³-hybridized carbons (Fsp3) is 0.364. The molecule has 1 aliphatic rings. The van der Waals surface area contributed by atoms with Crippen molar-refractivity contribution in [1.29, 1.82) is 0 Å². The second-order valence-electron chi connectivity index (χ2n) is 7.38. The van der Waals surface area contributed by atoms with E-state index in [1.165, 1.54) is 7.11 Å². The van der Waals surface area contributed by atoms with Crippen molar-refractivity contribution in [3.05, 3.63) is 65.2 Å². The Morgan fingerprint density at radius 2 is 1.80 bits per heavy atom. The fourth-order valence-corrected chi connectivity index (χ4v) is 3.83. The maximum atomic E-state index is 13.7. The summed E-state index contributed by atoms with van der Waals surface area (Å²) in [6.45, 7) is 0.121. The van der Waals surface area contributed by atoms with Crippen molar-refractivity contribution in [3.8, 4) is 0 Å². The van der Waals surface area contributed by atoms with E-state index in [9.17, 15) is 18.4 Å². The Bertz CT molecular complexity index is 902. The van der Waals surface area contributed by atoms with Crippen LogP contribution in [-0.2, 0) is 11.3 Å². The average Bonchev–Trinajstić information content (AvgIpc) is 2.72. The largest absolute Gasteiger partial charge is 0.453 e. The van der Waals surface area contributed by atoms with Crippen LogP contribution < -0.4 is 11.1 Å². The van der Waals surface area contributed by atoms with Gasteiger partial charge in [-0.05, 0) is 36.6 Å². The van der Waals surface area contributed by atoms with E-state index in [0.717, 1.165) is 37.5 Å². The molecule has 2 atom stereocenters. The minimum atomic E-state index is -0.820. The van der Waals surface area contributed by atoms with Crippen molar-refractivity contribution in [3.63, 3.8) is 0 Å². The van der Waals surface area contributed by atoms with Crippen LogP contribution in [0.5, 0.6) is 0 Å². The standard InChI is InChI=1S/C22H25F2N3O3/c1-30-22(29)26-19-8-4-2-6-14(19)13-27(20-9-5-3-7-18(20)25)21(28)15-10-16(23)12-17(24)11-15/h2,4,6,8,10-12,18,20H,3,5,7,9,13,25H2,1H3,(H,26,29). The van der Waals surface area contributed by atoms with Crippen LogP contribution in [0.15, 0.2) is 42.5 Å². The predicted molar refractivity (Wildman–Crippen MR) is 109 cm³/mol. The lowest BCUT2D eigenvalue weighted by Gasteiger charge is -2.39. The summed E-state index contributed by atoms with van der Waals surface area (Å²) in [5.74, 6) is -2.15. The number of hydrogen-bond donors (Lipinski definition) is 2. The first-order valence-corrected chi connectivity index (χ1v) is 9.84. The minimum Gasteiger partial charge on any atom is -0.453 e. The molecule has 30 heavy (non-hydrogen) atoms. The monoisotopic (exact) mass is 417 g/mol. The van der Waals surface area contributed by atoms with E-state index in [1.54, 1.807) is 29.2 Å². The van der Waals surface area contributed by atoms with Gasteiger partial charge in [0.15, 0.2) is 0 Å². The molecule has 0 saturated heterocycles. The molecule has 8 heteroatoms. The highest BCUT2D eigenvalue weighted by atomic mass is 19.1. The number of methoxy groups -OCH3 is 1. The highest BCUT2D eigenvalue weighted by Crippen LogP contribution is 2.27. The van der Waals surface area contributed by atoms with E-state index < -0.39 is 23.6 Å². The number of nitrogens with one attached hydrogen (secondary N) is 1. The second-order valence-corrected chi connectivity index (χ2v) is 7.38.